The van der Waals surface area contributed by atoms with E-state index in [4.69, 9.17) is 14.2 Å². The first-order valence-corrected chi connectivity index (χ1v) is 7.78. The fourth-order valence-corrected chi connectivity index (χ4v) is 3.22. The zero-order valence-electron chi connectivity index (χ0n) is 12.7. The molecule has 2 aliphatic rings. The van der Waals surface area contributed by atoms with Crippen LogP contribution in [0, 0.1) is 5.92 Å². The molecule has 1 heterocycles. The maximum Gasteiger partial charge on any atom is 0.306 e. The number of carbonyl (C=O) groups excluding carboxylic acids is 2. The van der Waals surface area contributed by atoms with Crippen molar-refractivity contribution in [1.82, 2.24) is 0 Å². The number of fused-ring (bicyclic) bond motifs is 1. The predicted molar refractivity (Wildman–Crippen MR) is 78.9 cm³/mol. The monoisotopic (exact) mass is 304 g/mol. The van der Waals surface area contributed by atoms with Crippen molar-refractivity contribution >= 4 is 11.8 Å². The summed E-state index contributed by atoms with van der Waals surface area (Å²) < 4.78 is 15.6. The summed E-state index contributed by atoms with van der Waals surface area (Å²) >= 11 is 0. The molecule has 3 rings (SSSR count). The van der Waals surface area contributed by atoms with E-state index in [-0.39, 0.29) is 36.8 Å². The number of Topliss-reactive ketones (excluding diaryl/α,β-unsaturated/α-hetero) is 1. The van der Waals surface area contributed by atoms with E-state index >= 15 is 0 Å². The van der Waals surface area contributed by atoms with Crippen LogP contribution in [0.4, 0.5) is 0 Å². The van der Waals surface area contributed by atoms with Gasteiger partial charge < -0.3 is 14.2 Å². The van der Waals surface area contributed by atoms with E-state index in [0.29, 0.717) is 12.4 Å². The third kappa shape index (κ3) is 2.93. The van der Waals surface area contributed by atoms with Crippen LogP contribution in [0.5, 0.6) is 11.5 Å². The van der Waals surface area contributed by atoms with E-state index < -0.39 is 0 Å². The Hall–Kier alpha value is -2.04. The fraction of sp³-hybridized carbons (Fsp3) is 0.529. The highest BCUT2D eigenvalue weighted by molar-refractivity contribution is 5.91. The highest BCUT2D eigenvalue weighted by Gasteiger charge is 2.34. The molecule has 5 heteroatoms. The lowest BCUT2D eigenvalue weighted by Crippen LogP contribution is -2.29. The minimum atomic E-state index is -0.285. The number of hydrogen-bond donors (Lipinski definition) is 0. The third-order valence-electron chi connectivity index (χ3n) is 4.31. The number of carbonyl (C=O) groups is 2. The summed E-state index contributed by atoms with van der Waals surface area (Å²) in [6, 6.07) is 5.65. The zero-order chi connectivity index (χ0) is 15.5. The maximum atomic E-state index is 12.7. The molecule has 1 aromatic carbocycles. The maximum absolute atomic E-state index is 12.7. The summed E-state index contributed by atoms with van der Waals surface area (Å²) in [6.07, 6.45) is 2.71. The Labute approximate surface area is 129 Å². The molecule has 118 valence electrons. The molecule has 0 aromatic heterocycles. The van der Waals surface area contributed by atoms with Gasteiger partial charge in [0, 0.05) is 11.8 Å². The Kier molecular flexibility index (Phi) is 4.32. The number of ether oxygens (including phenoxy) is 3. The highest BCUT2D eigenvalue weighted by atomic mass is 16.7. The summed E-state index contributed by atoms with van der Waals surface area (Å²) in [5, 5.41) is 0. The van der Waals surface area contributed by atoms with Crippen LogP contribution in [0.2, 0.25) is 0 Å². The van der Waals surface area contributed by atoms with Gasteiger partial charge in [-0.3, -0.25) is 9.59 Å². The van der Waals surface area contributed by atoms with Crippen molar-refractivity contribution in [3.63, 3.8) is 0 Å². The molecule has 0 N–H and O–H groups in total. The molecule has 5 nitrogen and oxygen atoms in total. The minimum Gasteiger partial charge on any atom is -0.466 e. The molecular formula is C17H20O5. The molecule has 0 bridgehead atoms. The van der Waals surface area contributed by atoms with Gasteiger partial charge in [-0.1, -0.05) is 12.5 Å². The second kappa shape index (κ2) is 6.38. The van der Waals surface area contributed by atoms with Crippen molar-refractivity contribution in [3.8, 4) is 11.5 Å². The molecule has 0 saturated heterocycles. The average molecular weight is 304 g/mol. The van der Waals surface area contributed by atoms with E-state index in [1.807, 2.05) is 18.2 Å². The lowest BCUT2D eigenvalue weighted by atomic mass is 9.75. The van der Waals surface area contributed by atoms with Gasteiger partial charge in [-0.2, -0.15) is 0 Å². The summed E-state index contributed by atoms with van der Waals surface area (Å²) in [5.74, 6) is 0.865. The van der Waals surface area contributed by atoms with E-state index in [0.717, 1.165) is 30.6 Å². The zero-order valence-corrected chi connectivity index (χ0v) is 12.7. The summed E-state index contributed by atoms with van der Waals surface area (Å²) in [5.41, 5.74) is 0.947. The Balaban J connectivity index is 1.73. The van der Waals surface area contributed by atoms with Gasteiger partial charge in [0.25, 0.3) is 0 Å². The van der Waals surface area contributed by atoms with Crippen molar-refractivity contribution in [2.75, 3.05) is 13.4 Å². The Morgan fingerprint density at radius 1 is 1.27 bits per heavy atom. The van der Waals surface area contributed by atoms with Gasteiger partial charge in [-0.15, -0.1) is 0 Å². The van der Waals surface area contributed by atoms with Gasteiger partial charge >= 0.3 is 5.97 Å². The van der Waals surface area contributed by atoms with Crippen molar-refractivity contribution < 1.29 is 23.8 Å². The Bertz CT molecular complexity index is 580. The highest BCUT2D eigenvalue weighted by Crippen LogP contribution is 2.39. The molecule has 1 aromatic rings. The van der Waals surface area contributed by atoms with Crippen molar-refractivity contribution in [3.05, 3.63) is 23.8 Å². The van der Waals surface area contributed by atoms with Crippen molar-refractivity contribution in [2.45, 2.75) is 38.5 Å². The Morgan fingerprint density at radius 2 is 2.09 bits per heavy atom. The third-order valence-corrected chi connectivity index (χ3v) is 4.31. The summed E-state index contributed by atoms with van der Waals surface area (Å²) in [7, 11) is 0. The standard InChI is InChI=1S/C17H20O5/c1-2-20-16(18)9-12-4-3-5-13(17(12)19)11-6-7-14-15(8-11)22-10-21-14/h6-8,12-13H,2-5,9-10H2,1H3/t12?,13-/m0/s1. The van der Waals surface area contributed by atoms with Gasteiger partial charge in [-0.25, -0.2) is 0 Å². The van der Waals surface area contributed by atoms with Crippen LogP contribution in [0.15, 0.2) is 18.2 Å². The quantitative estimate of drug-likeness (QED) is 0.800. The van der Waals surface area contributed by atoms with Crippen LogP contribution < -0.4 is 9.47 Å². The molecule has 0 amide bonds. The number of rotatable bonds is 4. The lowest BCUT2D eigenvalue weighted by molar-refractivity contribution is -0.146. The molecular weight excluding hydrogens is 284 g/mol. The van der Waals surface area contributed by atoms with Crippen LogP contribution >= 0.6 is 0 Å². The molecule has 0 spiro atoms. The van der Waals surface area contributed by atoms with Gasteiger partial charge in [0.2, 0.25) is 6.79 Å². The summed E-state index contributed by atoms with van der Waals surface area (Å²) in [6.45, 7) is 2.35. The number of esters is 1. The number of benzene rings is 1. The van der Waals surface area contributed by atoms with E-state index in [9.17, 15) is 9.59 Å². The molecule has 1 fully saturated rings. The summed E-state index contributed by atoms with van der Waals surface area (Å²) in [4.78, 5) is 24.3. The normalized spacial score (nSPS) is 23.4. The number of hydrogen-bond acceptors (Lipinski definition) is 5. The molecule has 22 heavy (non-hydrogen) atoms. The molecule has 1 aliphatic heterocycles. The Morgan fingerprint density at radius 3 is 2.91 bits per heavy atom. The van der Waals surface area contributed by atoms with E-state index in [1.54, 1.807) is 6.92 Å². The van der Waals surface area contributed by atoms with Gasteiger partial charge in [0.1, 0.15) is 5.78 Å². The minimum absolute atomic E-state index is 0.137. The average Bonchev–Trinajstić information content (AvgIpc) is 2.97. The van der Waals surface area contributed by atoms with E-state index in [2.05, 4.69) is 0 Å². The van der Waals surface area contributed by atoms with Crippen LogP contribution in [0.25, 0.3) is 0 Å². The van der Waals surface area contributed by atoms with Crippen LogP contribution in [-0.4, -0.2) is 25.2 Å². The van der Waals surface area contributed by atoms with Gasteiger partial charge in [0.05, 0.1) is 13.0 Å². The first kappa shape index (κ1) is 14.9. The van der Waals surface area contributed by atoms with E-state index in [1.165, 1.54) is 0 Å². The molecule has 2 atom stereocenters. The second-order valence-corrected chi connectivity index (χ2v) is 5.70. The van der Waals surface area contributed by atoms with Crippen LogP contribution in [-0.2, 0) is 14.3 Å². The van der Waals surface area contributed by atoms with Gasteiger partial charge in [0.15, 0.2) is 11.5 Å². The molecule has 0 radical (unpaired) electrons. The smallest absolute Gasteiger partial charge is 0.306 e. The lowest BCUT2D eigenvalue weighted by Gasteiger charge is -2.27. The SMILES string of the molecule is CCOC(=O)CC1CCC[C@@H](c2ccc3c(c2)OCO3)C1=O. The first-order chi connectivity index (χ1) is 10.7. The predicted octanol–water partition coefficient (Wildman–Crippen LogP) is 2.82. The molecule has 1 unspecified atom stereocenters. The fourth-order valence-electron chi connectivity index (χ4n) is 3.22. The number of ketones is 1. The first-order valence-electron chi connectivity index (χ1n) is 7.78. The van der Waals surface area contributed by atoms with Gasteiger partial charge in [-0.05, 0) is 37.5 Å². The van der Waals surface area contributed by atoms with Crippen molar-refractivity contribution in [2.24, 2.45) is 5.92 Å². The molecule has 1 aliphatic carbocycles. The second-order valence-electron chi connectivity index (χ2n) is 5.70. The van der Waals surface area contributed by atoms with Crippen LogP contribution in [0.1, 0.15) is 44.1 Å². The topological polar surface area (TPSA) is 61.8 Å². The van der Waals surface area contributed by atoms with Crippen molar-refractivity contribution in [1.29, 1.82) is 0 Å². The largest absolute Gasteiger partial charge is 0.466 e. The van der Waals surface area contributed by atoms with Crippen LogP contribution in [0.3, 0.4) is 0 Å². The molecule has 1 saturated carbocycles.